The van der Waals surface area contributed by atoms with E-state index in [9.17, 15) is 4.79 Å². The lowest BCUT2D eigenvalue weighted by Crippen LogP contribution is -2.07. The highest BCUT2D eigenvalue weighted by atomic mass is 16.5. The van der Waals surface area contributed by atoms with Crippen LogP contribution in [-0.4, -0.2) is 22.3 Å². The second-order valence-corrected chi connectivity index (χ2v) is 6.12. The van der Waals surface area contributed by atoms with Gasteiger partial charge in [0.15, 0.2) is 0 Å². The molecule has 0 aliphatic rings. The SMILES string of the molecule is CCOc1cccc(NC(=O)/C=C/c2c(C)nn(-c3ccccc3)c2C)c1. The largest absolute Gasteiger partial charge is 0.494 e. The summed E-state index contributed by atoms with van der Waals surface area (Å²) in [4.78, 5) is 12.3. The van der Waals surface area contributed by atoms with E-state index in [0.29, 0.717) is 12.3 Å². The minimum Gasteiger partial charge on any atom is -0.494 e. The molecule has 27 heavy (non-hydrogen) atoms. The van der Waals surface area contributed by atoms with Crippen LogP contribution in [-0.2, 0) is 4.79 Å². The molecule has 1 aromatic heterocycles. The fourth-order valence-electron chi connectivity index (χ4n) is 2.89. The fraction of sp³-hybridized carbons (Fsp3) is 0.182. The zero-order chi connectivity index (χ0) is 19.2. The second kappa shape index (κ2) is 8.36. The Morgan fingerprint density at radius 2 is 1.93 bits per heavy atom. The van der Waals surface area contributed by atoms with Crippen LogP contribution in [0.1, 0.15) is 23.9 Å². The summed E-state index contributed by atoms with van der Waals surface area (Å²) in [6, 6.07) is 17.3. The minimum atomic E-state index is -0.199. The Morgan fingerprint density at radius 3 is 2.67 bits per heavy atom. The Bertz CT molecular complexity index is 959. The first kappa shape index (κ1) is 18.5. The van der Waals surface area contributed by atoms with Gasteiger partial charge in [-0.2, -0.15) is 5.10 Å². The van der Waals surface area contributed by atoms with Gasteiger partial charge in [-0.05, 0) is 51.1 Å². The summed E-state index contributed by atoms with van der Waals surface area (Å²) in [5.41, 5.74) is 4.50. The van der Waals surface area contributed by atoms with E-state index >= 15 is 0 Å². The number of rotatable bonds is 6. The van der Waals surface area contributed by atoms with Gasteiger partial charge in [0, 0.05) is 29.1 Å². The van der Waals surface area contributed by atoms with E-state index in [1.54, 1.807) is 12.1 Å². The van der Waals surface area contributed by atoms with E-state index in [1.807, 2.05) is 74.0 Å². The van der Waals surface area contributed by atoms with Gasteiger partial charge in [0.2, 0.25) is 5.91 Å². The monoisotopic (exact) mass is 361 g/mol. The van der Waals surface area contributed by atoms with E-state index in [4.69, 9.17) is 4.74 Å². The first-order chi connectivity index (χ1) is 13.1. The van der Waals surface area contributed by atoms with E-state index < -0.39 is 0 Å². The Kier molecular flexibility index (Phi) is 5.71. The number of ether oxygens (including phenoxy) is 1. The van der Waals surface area contributed by atoms with E-state index in [1.165, 1.54) is 6.08 Å². The van der Waals surface area contributed by atoms with Crippen LogP contribution >= 0.6 is 0 Å². The predicted molar refractivity (Wildman–Crippen MR) is 108 cm³/mol. The Morgan fingerprint density at radius 1 is 1.15 bits per heavy atom. The number of para-hydroxylation sites is 1. The van der Waals surface area contributed by atoms with Gasteiger partial charge in [-0.3, -0.25) is 4.79 Å². The number of carbonyl (C=O) groups excluding carboxylic acids is 1. The number of nitrogens with zero attached hydrogens (tertiary/aromatic N) is 2. The Hall–Kier alpha value is -3.34. The first-order valence-electron chi connectivity index (χ1n) is 8.92. The van der Waals surface area contributed by atoms with Crippen LogP contribution in [0.3, 0.4) is 0 Å². The summed E-state index contributed by atoms with van der Waals surface area (Å²) in [5, 5.41) is 7.45. The van der Waals surface area contributed by atoms with Crippen LogP contribution in [0, 0.1) is 13.8 Å². The molecule has 3 aromatic rings. The van der Waals surface area contributed by atoms with E-state index in [2.05, 4.69) is 10.4 Å². The van der Waals surface area contributed by atoms with Crippen LogP contribution in [0.25, 0.3) is 11.8 Å². The van der Waals surface area contributed by atoms with Gasteiger partial charge in [-0.25, -0.2) is 4.68 Å². The van der Waals surface area contributed by atoms with Crippen LogP contribution in [0.4, 0.5) is 5.69 Å². The first-order valence-corrected chi connectivity index (χ1v) is 8.92. The lowest BCUT2D eigenvalue weighted by Gasteiger charge is -2.06. The molecular weight excluding hydrogens is 338 g/mol. The maximum Gasteiger partial charge on any atom is 0.248 e. The smallest absolute Gasteiger partial charge is 0.248 e. The third kappa shape index (κ3) is 4.44. The summed E-state index contributed by atoms with van der Waals surface area (Å²) < 4.78 is 7.34. The fourth-order valence-corrected chi connectivity index (χ4v) is 2.89. The molecule has 0 saturated heterocycles. The van der Waals surface area contributed by atoms with Gasteiger partial charge in [0.05, 0.1) is 18.0 Å². The molecule has 3 rings (SSSR count). The third-order valence-corrected chi connectivity index (χ3v) is 4.16. The molecule has 0 radical (unpaired) electrons. The average molecular weight is 361 g/mol. The topological polar surface area (TPSA) is 56.1 Å². The lowest BCUT2D eigenvalue weighted by molar-refractivity contribution is -0.111. The van der Waals surface area contributed by atoms with E-state index in [-0.39, 0.29) is 5.91 Å². The van der Waals surface area contributed by atoms with Crippen molar-refractivity contribution in [3.8, 4) is 11.4 Å². The van der Waals surface area contributed by atoms with E-state index in [0.717, 1.165) is 28.4 Å². The maximum atomic E-state index is 12.3. The predicted octanol–water partition coefficient (Wildman–Crippen LogP) is 4.54. The van der Waals surface area contributed by atoms with Crippen LogP contribution < -0.4 is 10.1 Å². The number of nitrogens with one attached hydrogen (secondary N) is 1. The highest BCUT2D eigenvalue weighted by Gasteiger charge is 2.10. The number of amides is 1. The number of aromatic nitrogens is 2. The number of aryl methyl sites for hydroxylation is 1. The van der Waals surface area contributed by atoms with Gasteiger partial charge in [0.1, 0.15) is 5.75 Å². The molecule has 0 spiro atoms. The quantitative estimate of drug-likeness (QED) is 0.656. The lowest BCUT2D eigenvalue weighted by atomic mass is 10.2. The molecule has 1 amide bonds. The highest BCUT2D eigenvalue weighted by molar-refractivity contribution is 6.02. The van der Waals surface area contributed by atoms with Gasteiger partial charge in [-0.15, -0.1) is 0 Å². The summed E-state index contributed by atoms with van der Waals surface area (Å²) in [7, 11) is 0. The molecule has 0 aliphatic heterocycles. The Balaban J connectivity index is 1.75. The molecule has 0 atom stereocenters. The number of benzene rings is 2. The van der Waals surface area contributed by atoms with Crippen LogP contribution in [0.5, 0.6) is 5.75 Å². The van der Waals surface area contributed by atoms with Gasteiger partial charge in [-0.1, -0.05) is 24.3 Å². The zero-order valence-electron chi connectivity index (χ0n) is 15.8. The van der Waals surface area contributed by atoms with Crippen molar-refractivity contribution >= 4 is 17.7 Å². The van der Waals surface area contributed by atoms with Crippen molar-refractivity contribution in [1.82, 2.24) is 9.78 Å². The van der Waals surface area contributed by atoms with Crippen LogP contribution in [0.15, 0.2) is 60.7 Å². The summed E-state index contributed by atoms with van der Waals surface area (Å²) >= 11 is 0. The van der Waals surface area contributed by atoms with Crippen molar-refractivity contribution in [2.45, 2.75) is 20.8 Å². The van der Waals surface area contributed by atoms with Crippen molar-refractivity contribution in [3.05, 3.63) is 77.6 Å². The summed E-state index contributed by atoms with van der Waals surface area (Å²) in [6.45, 7) is 6.45. The number of hydrogen-bond acceptors (Lipinski definition) is 3. The standard InChI is InChI=1S/C22H23N3O2/c1-4-27-20-12-8-9-18(15-20)23-22(26)14-13-21-16(2)24-25(17(21)3)19-10-6-5-7-11-19/h5-15H,4H2,1-3H3,(H,23,26)/b14-13+. The summed E-state index contributed by atoms with van der Waals surface area (Å²) in [5.74, 6) is 0.532. The van der Waals surface area contributed by atoms with Crippen molar-refractivity contribution in [2.24, 2.45) is 0 Å². The molecule has 1 heterocycles. The van der Waals surface area contributed by atoms with Crippen molar-refractivity contribution in [1.29, 1.82) is 0 Å². The molecular formula is C22H23N3O2. The highest BCUT2D eigenvalue weighted by Crippen LogP contribution is 2.20. The third-order valence-electron chi connectivity index (χ3n) is 4.16. The molecule has 138 valence electrons. The molecule has 0 fully saturated rings. The molecule has 0 bridgehead atoms. The molecule has 0 unspecified atom stereocenters. The average Bonchev–Trinajstić information content (AvgIpc) is 2.95. The van der Waals surface area contributed by atoms with Gasteiger partial charge >= 0.3 is 0 Å². The molecule has 0 aliphatic carbocycles. The normalized spacial score (nSPS) is 10.9. The molecule has 0 saturated carbocycles. The Labute approximate surface area is 159 Å². The minimum absolute atomic E-state index is 0.199. The van der Waals surface area contributed by atoms with Crippen LogP contribution in [0.2, 0.25) is 0 Å². The molecule has 1 N–H and O–H groups in total. The molecule has 5 heteroatoms. The van der Waals surface area contributed by atoms with Gasteiger partial charge in [0.25, 0.3) is 0 Å². The molecule has 5 nitrogen and oxygen atoms in total. The zero-order valence-corrected chi connectivity index (χ0v) is 15.8. The molecule has 2 aromatic carbocycles. The van der Waals surface area contributed by atoms with Crippen molar-refractivity contribution in [3.63, 3.8) is 0 Å². The van der Waals surface area contributed by atoms with Crippen molar-refractivity contribution < 1.29 is 9.53 Å². The van der Waals surface area contributed by atoms with Crippen molar-refractivity contribution in [2.75, 3.05) is 11.9 Å². The number of hydrogen-bond donors (Lipinski definition) is 1. The number of carbonyl (C=O) groups is 1. The summed E-state index contributed by atoms with van der Waals surface area (Å²) in [6.07, 6.45) is 3.33. The maximum absolute atomic E-state index is 12.3. The van der Waals surface area contributed by atoms with Gasteiger partial charge < -0.3 is 10.1 Å². The second-order valence-electron chi connectivity index (χ2n) is 6.12. The number of anilines is 1.